The third kappa shape index (κ3) is 2.65. The van der Waals surface area contributed by atoms with Crippen LogP contribution in [0.25, 0.3) is 11.0 Å². The number of methoxy groups -OCH3 is 1. The molecular weight excluding hydrogens is 377 g/mol. The highest BCUT2D eigenvalue weighted by Crippen LogP contribution is 2.33. The SMILES string of the molecule is COc1ccc2oc(C(N)c3ccc(I)cc3)c(C)c2c1. The first-order valence-electron chi connectivity index (χ1n) is 6.68. The average molecular weight is 393 g/mol. The Morgan fingerprint density at radius 2 is 1.86 bits per heavy atom. The molecule has 0 amide bonds. The fourth-order valence-corrected chi connectivity index (χ4v) is 2.82. The maximum absolute atomic E-state index is 6.37. The number of hydrogen-bond donors (Lipinski definition) is 1. The van der Waals surface area contributed by atoms with Gasteiger partial charge in [-0.2, -0.15) is 0 Å². The van der Waals surface area contributed by atoms with Crippen LogP contribution in [0.4, 0.5) is 0 Å². The summed E-state index contributed by atoms with van der Waals surface area (Å²) < 4.78 is 12.4. The van der Waals surface area contributed by atoms with Gasteiger partial charge in [0.2, 0.25) is 0 Å². The lowest BCUT2D eigenvalue weighted by atomic mass is 10.0. The van der Waals surface area contributed by atoms with Gasteiger partial charge in [0, 0.05) is 14.5 Å². The summed E-state index contributed by atoms with van der Waals surface area (Å²) in [5, 5.41) is 1.05. The minimum absolute atomic E-state index is 0.264. The lowest BCUT2D eigenvalue weighted by Crippen LogP contribution is -2.11. The lowest BCUT2D eigenvalue weighted by molar-refractivity contribution is 0.415. The highest BCUT2D eigenvalue weighted by Gasteiger charge is 2.19. The number of aryl methyl sites for hydroxylation is 1. The van der Waals surface area contributed by atoms with Gasteiger partial charge < -0.3 is 14.9 Å². The highest BCUT2D eigenvalue weighted by molar-refractivity contribution is 14.1. The van der Waals surface area contributed by atoms with Crippen molar-refractivity contribution in [1.29, 1.82) is 0 Å². The molecule has 0 fully saturated rings. The van der Waals surface area contributed by atoms with Crippen LogP contribution in [0.2, 0.25) is 0 Å². The third-order valence-electron chi connectivity index (χ3n) is 3.69. The summed E-state index contributed by atoms with van der Waals surface area (Å²) in [7, 11) is 1.66. The monoisotopic (exact) mass is 393 g/mol. The van der Waals surface area contributed by atoms with Gasteiger partial charge in [0.25, 0.3) is 0 Å². The molecule has 4 heteroatoms. The Labute approximate surface area is 137 Å². The second-order valence-electron chi connectivity index (χ2n) is 4.98. The van der Waals surface area contributed by atoms with Crippen LogP contribution in [-0.2, 0) is 0 Å². The minimum Gasteiger partial charge on any atom is -0.497 e. The summed E-state index contributed by atoms with van der Waals surface area (Å²) in [4.78, 5) is 0. The normalized spacial score (nSPS) is 12.6. The van der Waals surface area contributed by atoms with Crippen LogP contribution < -0.4 is 10.5 Å². The molecule has 3 nitrogen and oxygen atoms in total. The lowest BCUT2D eigenvalue weighted by Gasteiger charge is -2.10. The molecule has 3 rings (SSSR count). The van der Waals surface area contributed by atoms with Gasteiger partial charge in [-0.15, -0.1) is 0 Å². The van der Waals surface area contributed by atoms with Gasteiger partial charge in [0.05, 0.1) is 13.2 Å². The molecule has 2 aromatic carbocycles. The Hall–Kier alpha value is -1.53. The topological polar surface area (TPSA) is 48.4 Å². The van der Waals surface area contributed by atoms with Crippen molar-refractivity contribution in [2.45, 2.75) is 13.0 Å². The van der Waals surface area contributed by atoms with Crippen LogP contribution in [0.15, 0.2) is 46.9 Å². The number of furan rings is 1. The molecule has 3 aromatic rings. The van der Waals surface area contributed by atoms with Crippen molar-refractivity contribution in [2.75, 3.05) is 7.11 Å². The van der Waals surface area contributed by atoms with Crippen LogP contribution in [0.5, 0.6) is 5.75 Å². The Morgan fingerprint density at radius 1 is 1.14 bits per heavy atom. The fraction of sp³-hybridized carbons (Fsp3) is 0.176. The molecule has 0 saturated heterocycles. The number of benzene rings is 2. The van der Waals surface area contributed by atoms with Gasteiger partial charge in [-0.1, -0.05) is 12.1 Å². The zero-order valence-corrected chi connectivity index (χ0v) is 14.0. The second-order valence-corrected chi connectivity index (χ2v) is 6.23. The predicted molar refractivity (Wildman–Crippen MR) is 92.7 cm³/mol. The summed E-state index contributed by atoms with van der Waals surface area (Å²) in [6, 6.07) is 13.7. The molecule has 21 heavy (non-hydrogen) atoms. The fourth-order valence-electron chi connectivity index (χ4n) is 2.46. The third-order valence-corrected chi connectivity index (χ3v) is 4.41. The van der Waals surface area contributed by atoms with Crippen molar-refractivity contribution in [3.05, 3.63) is 62.9 Å². The van der Waals surface area contributed by atoms with Crippen LogP contribution in [0, 0.1) is 10.5 Å². The van der Waals surface area contributed by atoms with Crippen LogP contribution in [0.3, 0.4) is 0 Å². The van der Waals surface area contributed by atoms with Gasteiger partial charge in [0.15, 0.2) is 0 Å². The number of fused-ring (bicyclic) bond motifs is 1. The van der Waals surface area contributed by atoms with E-state index >= 15 is 0 Å². The molecule has 0 aliphatic rings. The summed E-state index contributed by atoms with van der Waals surface area (Å²) in [6.07, 6.45) is 0. The Morgan fingerprint density at radius 3 is 2.52 bits per heavy atom. The zero-order chi connectivity index (χ0) is 15.0. The van der Waals surface area contributed by atoms with Gasteiger partial charge in [-0.3, -0.25) is 0 Å². The minimum atomic E-state index is -0.264. The van der Waals surface area contributed by atoms with E-state index in [1.165, 1.54) is 3.57 Å². The summed E-state index contributed by atoms with van der Waals surface area (Å²) in [5.41, 5.74) is 9.32. The van der Waals surface area contributed by atoms with Crippen molar-refractivity contribution >= 4 is 33.6 Å². The summed E-state index contributed by atoms with van der Waals surface area (Å²) in [6.45, 7) is 2.03. The van der Waals surface area contributed by atoms with E-state index in [4.69, 9.17) is 14.9 Å². The number of ether oxygens (including phenoxy) is 1. The van der Waals surface area contributed by atoms with E-state index in [2.05, 4.69) is 34.7 Å². The van der Waals surface area contributed by atoms with E-state index in [0.717, 1.165) is 33.6 Å². The van der Waals surface area contributed by atoms with Crippen molar-refractivity contribution in [3.8, 4) is 5.75 Å². The van der Waals surface area contributed by atoms with Gasteiger partial charge in [0.1, 0.15) is 17.1 Å². The average Bonchev–Trinajstić information content (AvgIpc) is 2.84. The molecule has 0 radical (unpaired) electrons. The first-order valence-corrected chi connectivity index (χ1v) is 7.76. The van der Waals surface area contributed by atoms with E-state index in [1.54, 1.807) is 7.11 Å². The number of rotatable bonds is 3. The van der Waals surface area contributed by atoms with Crippen molar-refractivity contribution in [1.82, 2.24) is 0 Å². The van der Waals surface area contributed by atoms with E-state index in [1.807, 2.05) is 37.3 Å². The predicted octanol–water partition coefficient (Wildman–Crippen LogP) is 4.40. The number of nitrogens with two attached hydrogens (primary N) is 1. The molecule has 2 N–H and O–H groups in total. The Balaban J connectivity index is 2.07. The van der Waals surface area contributed by atoms with Crippen molar-refractivity contribution in [2.24, 2.45) is 5.73 Å². The quantitative estimate of drug-likeness (QED) is 0.671. The van der Waals surface area contributed by atoms with Gasteiger partial charge in [-0.05, 0) is 65.4 Å². The smallest absolute Gasteiger partial charge is 0.134 e. The number of hydrogen-bond acceptors (Lipinski definition) is 3. The van der Waals surface area contributed by atoms with Crippen molar-refractivity contribution in [3.63, 3.8) is 0 Å². The maximum Gasteiger partial charge on any atom is 0.134 e. The van der Waals surface area contributed by atoms with Gasteiger partial charge in [-0.25, -0.2) is 0 Å². The number of halogens is 1. The van der Waals surface area contributed by atoms with E-state index in [-0.39, 0.29) is 6.04 Å². The molecule has 0 aliphatic heterocycles. The van der Waals surface area contributed by atoms with Gasteiger partial charge >= 0.3 is 0 Å². The largest absolute Gasteiger partial charge is 0.497 e. The summed E-state index contributed by atoms with van der Waals surface area (Å²) >= 11 is 2.28. The molecular formula is C17H16INO2. The van der Waals surface area contributed by atoms with Crippen LogP contribution in [0.1, 0.15) is 22.9 Å². The van der Waals surface area contributed by atoms with Crippen LogP contribution >= 0.6 is 22.6 Å². The maximum atomic E-state index is 6.37. The first-order chi connectivity index (χ1) is 10.1. The van der Waals surface area contributed by atoms with E-state index in [0.29, 0.717) is 0 Å². The Kier molecular flexibility index (Phi) is 3.91. The first kappa shape index (κ1) is 14.4. The molecule has 1 heterocycles. The van der Waals surface area contributed by atoms with Crippen LogP contribution in [-0.4, -0.2) is 7.11 Å². The second kappa shape index (κ2) is 5.69. The zero-order valence-electron chi connectivity index (χ0n) is 11.9. The standard InChI is InChI=1S/C17H16INO2/c1-10-14-9-13(20-2)7-8-15(14)21-17(10)16(19)11-3-5-12(18)6-4-11/h3-9,16H,19H2,1-2H3. The highest BCUT2D eigenvalue weighted by atomic mass is 127. The van der Waals surface area contributed by atoms with E-state index in [9.17, 15) is 0 Å². The molecule has 0 spiro atoms. The summed E-state index contributed by atoms with van der Waals surface area (Å²) in [5.74, 6) is 1.63. The molecule has 108 valence electrons. The molecule has 0 bridgehead atoms. The van der Waals surface area contributed by atoms with Crippen molar-refractivity contribution < 1.29 is 9.15 Å². The Bertz CT molecular complexity index is 777. The molecule has 1 unspecified atom stereocenters. The molecule has 1 aromatic heterocycles. The molecule has 0 saturated carbocycles. The molecule has 0 aliphatic carbocycles. The van der Waals surface area contributed by atoms with E-state index < -0.39 is 0 Å². The molecule has 1 atom stereocenters.